The third-order valence-electron chi connectivity index (χ3n) is 3.98. The normalized spacial score (nSPS) is 15.5. The van der Waals surface area contributed by atoms with E-state index in [0.717, 1.165) is 22.3 Å². The minimum Gasteiger partial charge on any atom is -0.496 e. The quantitative estimate of drug-likeness (QED) is 0.846. The lowest BCUT2D eigenvalue weighted by atomic mass is 9.88. The first kappa shape index (κ1) is 12.9. The van der Waals surface area contributed by atoms with Gasteiger partial charge in [0, 0.05) is 0 Å². The monoisotopic (exact) mass is 290 g/mol. The summed E-state index contributed by atoms with van der Waals surface area (Å²) in [7, 11) is 0. The van der Waals surface area contributed by atoms with Crippen molar-refractivity contribution in [2.24, 2.45) is 0 Å². The summed E-state index contributed by atoms with van der Waals surface area (Å²) in [5.74, 6) is -0.0701. The summed E-state index contributed by atoms with van der Waals surface area (Å²) >= 11 is 0. The van der Waals surface area contributed by atoms with E-state index in [2.05, 4.69) is 0 Å². The molecule has 0 saturated carbocycles. The second-order valence-corrected chi connectivity index (χ2v) is 5.33. The average Bonchev–Trinajstić information content (AvgIpc) is 2.60. The van der Waals surface area contributed by atoms with E-state index in [-0.39, 0.29) is 5.78 Å². The summed E-state index contributed by atoms with van der Waals surface area (Å²) < 4.78 is 10.9. The van der Waals surface area contributed by atoms with Gasteiger partial charge in [-0.1, -0.05) is 48.5 Å². The molecule has 22 heavy (non-hydrogen) atoms. The van der Waals surface area contributed by atoms with Crippen molar-refractivity contribution < 1.29 is 14.3 Å². The van der Waals surface area contributed by atoms with Crippen LogP contribution in [-0.2, 0) is 27.5 Å². The zero-order valence-electron chi connectivity index (χ0n) is 11.9. The molecule has 0 amide bonds. The second kappa shape index (κ2) is 5.19. The topological polar surface area (TPSA) is 35.5 Å². The smallest absolute Gasteiger partial charge is 0.200 e. The fraction of sp³-hybridized carbons (Fsp3) is 0.105. The first-order valence-corrected chi connectivity index (χ1v) is 7.19. The lowest BCUT2D eigenvalue weighted by molar-refractivity contribution is -0.109. The predicted octanol–water partition coefficient (Wildman–Crippen LogP) is 3.70. The number of ether oxygens (including phenoxy) is 2. The first-order chi connectivity index (χ1) is 10.8. The van der Waals surface area contributed by atoms with Crippen molar-refractivity contribution in [3.63, 3.8) is 0 Å². The number of carbonyl (C=O) groups is 1. The van der Waals surface area contributed by atoms with Gasteiger partial charge in [-0.05, 0) is 22.3 Å². The number of fused-ring (bicyclic) bond motifs is 2. The molecule has 3 nitrogen and oxygen atoms in total. The van der Waals surface area contributed by atoms with Gasteiger partial charge in [-0.15, -0.1) is 0 Å². The largest absolute Gasteiger partial charge is 0.496 e. The molecule has 0 radical (unpaired) electrons. The van der Waals surface area contributed by atoms with Gasteiger partial charge in [0.2, 0.25) is 0 Å². The highest BCUT2D eigenvalue weighted by molar-refractivity contribution is 6.42. The Bertz CT molecular complexity index is 747. The maximum atomic E-state index is 13.0. The fourth-order valence-electron chi connectivity index (χ4n) is 2.87. The molecule has 0 spiro atoms. The molecule has 0 unspecified atom stereocenters. The Balaban J connectivity index is 1.77. The molecule has 3 heteroatoms. The Morgan fingerprint density at radius 3 is 1.68 bits per heavy atom. The first-order valence-electron chi connectivity index (χ1n) is 7.19. The average molecular weight is 290 g/mol. The second-order valence-electron chi connectivity index (χ2n) is 5.33. The van der Waals surface area contributed by atoms with Gasteiger partial charge in [-0.25, -0.2) is 0 Å². The Morgan fingerprint density at radius 1 is 0.727 bits per heavy atom. The Labute approximate surface area is 128 Å². The zero-order valence-corrected chi connectivity index (χ0v) is 11.9. The number of carbonyl (C=O) groups excluding carboxylic acids is 1. The summed E-state index contributed by atoms with van der Waals surface area (Å²) in [6, 6.07) is 15.7. The van der Waals surface area contributed by atoms with Crippen LogP contribution in [0.15, 0.2) is 61.1 Å². The van der Waals surface area contributed by atoms with Gasteiger partial charge in [0.25, 0.3) is 0 Å². The molecule has 0 atom stereocenters. The van der Waals surface area contributed by atoms with Gasteiger partial charge in [-0.3, -0.25) is 4.79 Å². The SMILES string of the molecule is O=C(C1=COCc2ccccc21)C1=COCc2ccccc21. The minimum atomic E-state index is -0.0701. The number of ketones is 1. The van der Waals surface area contributed by atoms with Crippen molar-refractivity contribution in [2.45, 2.75) is 13.2 Å². The minimum absolute atomic E-state index is 0.0701. The molecule has 0 saturated heterocycles. The molecular formula is C19H14O3. The molecule has 2 aromatic rings. The third-order valence-corrected chi connectivity index (χ3v) is 3.98. The number of rotatable bonds is 2. The Kier molecular flexibility index (Phi) is 3.04. The fourth-order valence-corrected chi connectivity index (χ4v) is 2.87. The summed E-state index contributed by atoms with van der Waals surface area (Å²) in [4.78, 5) is 13.0. The highest BCUT2D eigenvalue weighted by Crippen LogP contribution is 2.33. The van der Waals surface area contributed by atoms with Crippen molar-refractivity contribution in [3.05, 3.63) is 83.3 Å². The van der Waals surface area contributed by atoms with Crippen LogP contribution >= 0.6 is 0 Å². The number of hydrogen-bond donors (Lipinski definition) is 0. The molecule has 0 N–H and O–H groups in total. The van der Waals surface area contributed by atoms with Gasteiger partial charge < -0.3 is 9.47 Å². The van der Waals surface area contributed by atoms with Crippen LogP contribution in [-0.4, -0.2) is 5.78 Å². The summed E-state index contributed by atoms with van der Waals surface area (Å²) in [5.41, 5.74) is 5.07. The van der Waals surface area contributed by atoms with E-state index in [0.29, 0.717) is 24.4 Å². The Hall–Kier alpha value is -2.81. The van der Waals surface area contributed by atoms with E-state index in [1.165, 1.54) is 0 Å². The standard InChI is InChI=1S/C19H14O3/c20-19(17-11-21-9-13-5-1-3-7-15(13)17)18-12-22-10-14-6-2-4-8-16(14)18/h1-8,11-12H,9-10H2. The summed E-state index contributed by atoms with van der Waals surface area (Å²) in [5, 5.41) is 0. The van der Waals surface area contributed by atoms with E-state index in [4.69, 9.17) is 9.47 Å². The molecule has 4 rings (SSSR count). The predicted molar refractivity (Wildman–Crippen MR) is 83.4 cm³/mol. The maximum absolute atomic E-state index is 13.0. The van der Waals surface area contributed by atoms with Crippen LogP contribution in [0.3, 0.4) is 0 Å². The summed E-state index contributed by atoms with van der Waals surface area (Å²) in [6.45, 7) is 0.998. The van der Waals surface area contributed by atoms with Crippen molar-refractivity contribution in [3.8, 4) is 0 Å². The zero-order chi connectivity index (χ0) is 14.9. The van der Waals surface area contributed by atoms with Crippen LogP contribution in [0.4, 0.5) is 0 Å². The third kappa shape index (κ3) is 2.02. The van der Waals surface area contributed by atoms with Crippen LogP contribution < -0.4 is 0 Å². The summed E-state index contributed by atoms with van der Waals surface area (Å²) in [6.07, 6.45) is 3.12. The van der Waals surface area contributed by atoms with Crippen LogP contribution in [0.1, 0.15) is 22.3 Å². The molecule has 0 fully saturated rings. The molecule has 2 aliphatic rings. The van der Waals surface area contributed by atoms with Crippen molar-refractivity contribution >= 4 is 16.9 Å². The van der Waals surface area contributed by atoms with Gasteiger partial charge in [0.1, 0.15) is 13.2 Å². The number of benzene rings is 2. The lowest BCUT2D eigenvalue weighted by Crippen LogP contribution is -2.14. The molecule has 0 bridgehead atoms. The maximum Gasteiger partial charge on any atom is 0.200 e. The van der Waals surface area contributed by atoms with Crippen LogP contribution in [0, 0.1) is 0 Å². The lowest BCUT2D eigenvalue weighted by Gasteiger charge is -2.21. The molecular weight excluding hydrogens is 276 g/mol. The van der Waals surface area contributed by atoms with E-state index in [1.54, 1.807) is 12.5 Å². The Morgan fingerprint density at radius 2 is 1.18 bits per heavy atom. The van der Waals surface area contributed by atoms with Crippen LogP contribution in [0.2, 0.25) is 0 Å². The van der Waals surface area contributed by atoms with Crippen molar-refractivity contribution in [1.29, 1.82) is 0 Å². The van der Waals surface area contributed by atoms with Crippen molar-refractivity contribution in [2.75, 3.05) is 0 Å². The van der Waals surface area contributed by atoms with E-state index in [1.807, 2.05) is 48.5 Å². The molecule has 2 heterocycles. The molecule has 2 aromatic carbocycles. The number of hydrogen-bond acceptors (Lipinski definition) is 3. The highest BCUT2D eigenvalue weighted by atomic mass is 16.5. The molecule has 0 aromatic heterocycles. The van der Waals surface area contributed by atoms with Gasteiger partial charge in [-0.2, -0.15) is 0 Å². The van der Waals surface area contributed by atoms with E-state index in [9.17, 15) is 4.79 Å². The molecule has 0 aliphatic carbocycles. The van der Waals surface area contributed by atoms with Crippen LogP contribution in [0.25, 0.3) is 11.1 Å². The van der Waals surface area contributed by atoms with Crippen LogP contribution in [0.5, 0.6) is 0 Å². The van der Waals surface area contributed by atoms with Gasteiger partial charge >= 0.3 is 0 Å². The van der Waals surface area contributed by atoms with Gasteiger partial charge in [0.05, 0.1) is 23.7 Å². The van der Waals surface area contributed by atoms with E-state index < -0.39 is 0 Å². The molecule has 2 aliphatic heterocycles. The number of allylic oxidation sites excluding steroid dienone is 2. The van der Waals surface area contributed by atoms with Crippen molar-refractivity contribution in [1.82, 2.24) is 0 Å². The van der Waals surface area contributed by atoms with E-state index >= 15 is 0 Å². The highest BCUT2D eigenvalue weighted by Gasteiger charge is 2.26. The van der Waals surface area contributed by atoms with Gasteiger partial charge in [0.15, 0.2) is 5.78 Å². The number of Topliss-reactive ketones (excluding diaryl/α,β-unsaturated/α-hetero) is 1. The molecule has 108 valence electrons.